The fraction of sp³-hybridized carbons (Fsp3) is 0.789. The third-order valence-corrected chi connectivity index (χ3v) is 6.05. The highest BCUT2D eigenvalue weighted by Crippen LogP contribution is 2.24. The van der Waals surface area contributed by atoms with E-state index in [0.717, 1.165) is 45.8 Å². The number of piperidine rings is 1. The maximum absolute atomic E-state index is 12.4. The number of amides is 1. The molecule has 2 fully saturated rings. The summed E-state index contributed by atoms with van der Waals surface area (Å²) in [6.07, 6.45) is 3.61. The number of aromatic nitrogens is 1. The molecule has 1 amide bonds. The molecule has 0 N–H and O–H groups in total. The lowest BCUT2D eigenvalue weighted by molar-refractivity contribution is -0.133. The van der Waals surface area contributed by atoms with Crippen LogP contribution in [0.25, 0.3) is 0 Å². The van der Waals surface area contributed by atoms with Gasteiger partial charge in [-0.1, -0.05) is 20.8 Å². The summed E-state index contributed by atoms with van der Waals surface area (Å²) in [7, 11) is 0. The van der Waals surface area contributed by atoms with Crippen LogP contribution in [0, 0.1) is 0 Å². The van der Waals surface area contributed by atoms with Crippen LogP contribution in [0.4, 0.5) is 0 Å². The number of carbonyl (C=O) groups is 1. The standard InChI is InChI=1S/C19H32N4OS/c1-19(2,3)16-15-25-17(20-16)13-21-9-11-22(12-10-21)14-18(24)23-7-5-4-6-8-23/h15H,4-14H2,1-3H3. The van der Waals surface area contributed by atoms with Crippen molar-refractivity contribution in [3.05, 3.63) is 16.1 Å². The lowest BCUT2D eigenvalue weighted by Gasteiger charge is -2.35. The Kier molecular flexibility index (Phi) is 6.12. The van der Waals surface area contributed by atoms with Crippen LogP contribution in [0.1, 0.15) is 50.7 Å². The van der Waals surface area contributed by atoms with Gasteiger partial charge in [0.25, 0.3) is 0 Å². The van der Waals surface area contributed by atoms with E-state index in [1.165, 1.54) is 30.0 Å². The number of nitrogens with zero attached hydrogens (tertiary/aromatic N) is 4. The maximum Gasteiger partial charge on any atom is 0.236 e. The summed E-state index contributed by atoms with van der Waals surface area (Å²) in [6.45, 7) is 14.1. The van der Waals surface area contributed by atoms with E-state index in [9.17, 15) is 4.79 Å². The van der Waals surface area contributed by atoms with E-state index in [-0.39, 0.29) is 5.41 Å². The summed E-state index contributed by atoms with van der Waals surface area (Å²) in [6, 6.07) is 0. The van der Waals surface area contributed by atoms with E-state index >= 15 is 0 Å². The summed E-state index contributed by atoms with van der Waals surface area (Å²) in [5, 5.41) is 3.41. The largest absolute Gasteiger partial charge is 0.342 e. The fourth-order valence-electron chi connectivity index (χ4n) is 3.46. The first kappa shape index (κ1) is 18.8. The Morgan fingerprint density at radius 1 is 1.04 bits per heavy atom. The smallest absolute Gasteiger partial charge is 0.236 e. The second kappa shape index (κ2) is 8.14. The number of piperazine rings is 1. The van der Waals surface area contributed by atoms with Gasteiger partial charge in [0.1, 0.15) is 5.01 Å². The average Bonchev–Trinajstić information content (AvgIpc) is 3.06. The Bertz CT molecular complexity index is 566. The molecule has 2 aliphatic heterocycles. The topological polar surface area (TPSA) is 39.7 Å². The first-order valence-electron chi connectivity index (χ1n) is 9.59. The fourth-order valence-corrected chi connectivity index (χ4v) is 4.52. The van der Waals surface area contributed by atoms with E-state index in [1.807, 2.05) is 0 Å². The second-order valence-corrected chi connectivity index (χ2v) is 9.31. The van der Waals surface area contributed by atoms with Crippen molar-refractivity contribution in [1.29, 1.82) is 0 Å². The number of likely N-dealkylation sites (tertiary alicyclic amines) is 1. The molecule has 6 heteroatoms. The van der Waals surface area contributed by atoms with Crippen LogP contribution >= 0.6 is 11.3 Å². The molecule has 0 aliphatic carbocycles. The van der Waals surface area contributed by atoms with E-state index in [4.69, 9.17) is 4.98 Å². The molecular weight excluding hydrogens is 332 g/mol. The third kappa shape index (κ3) is 5.25. The zero-order valence-corrected chi connectivity index (χ0v) is 16.8. The van der Waals surface area contributed by atoms with Crippen molar-refractivity contribution in [1.82, 2.24) is 19.7 Å². The predicted molar refractivity (Wildman–Crippen MR) is 103 cm³/mol. The van der Waals surface area contributed by atoms with Crippen molar-refractivity contribution in [2.24, 2.45) is 0 Å². The molecular formula is C19H32N4OS. The van der Waals surface area contributed by atoms with Crippen LogP contribution in [0.15, 0.2) is 5.38 Å². The minimum atomic E-state index is 0.127. The average molecular weight is 365 g/mol. The number of hydrogen-bond acceptors (Lipinski definition) is 5. The molecule has 5 nitrogen and oxygen atoms in total. The minimum absolute atomic E-state index is 0.127. The SMILES string of the molecule is CC(C)(C)c1csc(CN2CCN(CC(=O)N3CCCCC3)CC2)n1. The van der Waals surface area contributed by atoms with Gasteiger partial charge in [-0.3, -0.25) is 14.6 Å². The van der Waals surface area contributed by atoms with Crippen molar-refractivity contribution in [3.63, 3.8) is 0 Å². The van der Waals surface area contributed by atoms with Gasteiger partial charge < -0.3 is 4.90 Å². The quantitative estimate of drug-likeness (QED) is 0.823. The molecule has 2 saturated heterocycles. The third-order valence-electron chi connectivity index (χ3n) is 5.21. The van der Waals surface area contributed by atoms with Gasteiger partial charge in [-0.25, -0.2) is 4.98 Å². The highest BCUT2D eigenvalue weighted by molar-refractivity contribution is 7.09. The molecule has 2 aliphatic rings. The van der Waals surface area contributed by atoms with Crippen LogP contribution in [0.2, 0.25) is 0 Å². The minimum Gasteiger partial charge on any atom is -0.342 e. The Morgan fingerprint density at radius 2 is 1.68 bits per heavy atom. The van der Waals surface area contributed by atoms with Crippen molar-refractivity contribution in [2.75, 3.05) is 45.8 Å². The van der Waals surface area contributed by atoms with Gasteiger partial charge in [0.2, 0.25) is 5.91 Å². The van der Waals surface area contributed by atoms with Gasteiger partial charge in [-0.15, -0.1) is 11.3 Å². The molecule has 3 rings (SSSR count). The van der Waals surface area contributed by atoms with Crippen molar-refractivity contribution in [3.8, 4) is 0 Å². The van der Waals surface area contributed by atoms with E-state index < -0.39 is 0 Å². The van der Waals surface area contributed by atoms with Gasteiger partial charge in [-0.2, -0.15) is 0 Å². The lowest BCUT2D eigenvalue weighted by atomic mass is 9.93. The van der Waals surface area contributed by atoms with Crippen molar-refractivity contribution in [2.45, 2.75) is 52.0 Å². The number of rotatable bonds is 4. The van der Waals surface area contributed by atoms with Crippen LogP contribution in [0.3, 0.4) is 0 Å². The number of thiazole rings is 1. The molecule has 1 aromatic rings. The van der Waals surface area contributed by atoms with E-state index in [0.29, 0.717) is 12.5 Å². The molecule has 0 spiro atoms. The van der Waals surface area contributed by atoms with Gasteiger partial charge in [-0.05, 0) is 19.3 Å². The predicted octanol–water partition coefficient (Wildman–Crippen LogP) is 2.57. The monoisotopic (exact) mass is 364 g/mol. The van der Waals surface area contributed by atoms with Gasteiger partial charge in [0.05, 0.1) is 18.8 Å². The van der Waals surface area contributed by atoms with E-state index in [1.54, 1.807) is 11.3 Å². The zero-order chi connectivity index (χ0) is 17.9. The van der Waals surface area contributed by atoms with Gasteiger partial charge in [0.15, 0.2) is 0 Å². The van der Waals surface area contributed by atoms with Crippen LogP contribution in [0.5, 0.6) is 0 Å². The van der Waals surface area contributed by atoms with E-state index in [2.05, 4.69) is 40.9 Å². The second-order valence-electron chi connectivity index (χ2n) is 8.37. The van der Waals surface area contributed by atoms with Gasteiger partial charge in [0, 0.05) is 50.1 Å². The Labute approximate surface area is 156 Å². The zero-order valence-electron chi connectivity index (χ0n) is 16.0. The van der Waals surface area contributed by atoms with Crippen LogP contribution in [-0.4, -0.2) is 71.4 Å². The summed E-state index contributed by atoms with van der Waals surface area (Å²) in [5.41, 5.74) is 1.32. The molecule has 0 saturated carbocycles. The molecule has 140 valence electrons. The Balaban J connectivity index is 1.42. The maximum atomic E-state index is 12.4. The van der Waals surface area contributed by atoms with Crippen LogP contribution in [-0.2, 0) is 16.8 Å². The Morgan fingerprint density at radius 3 is 2.28 bits per heavy atom. The molecule has 1 aromatic heterocycles. The van der Waals surface area contributed by atoms with Crippen molar-refractivity contribution < 1.29 is 4.79 Å². The highest BCUT2D eigenvalue weighted by Gasteiger charge is 2.24. The van der Waals surface area contributed by atoms with Crippen LogP contribution < -0.4 is 0 Å². The first-order valence-corrected chi connectivity index (χ1v) is 10.5. The molecule has 0 aromatic carbocycles. The molecule has 0 atom stereocenters. The first-order chi connectivity index (χ1) is 11.9. The highest BCUT2D eigenvalue weighted by atomic mass is 32.1. The summed E-state index contributed by atoms with van der Waals surface area (Å²) in [4.78, 5) is 24.0. The molecule has 25 heavy (non-hydrogen) atoms. The molecule has 0 radical (unpaired) electrons. The normalized spacial score (nSPS) is 20.8. The molecule has 3 heterocycles. The number of carbonyl (C=O) groups excluding carboxylic acids is 1. The Hall–Kier alpha value is -0.980. The number of hydrogen-bond donors (Lipinski definition) is 0. The summed E-state index contributed by atoms with van der Waals surface area (Å²) >= 11 is 1.77. The summed E-state index contributed by atoms with van der Waals surface area (Å²) < 4.78 is 0. The van der Waals surface area contributed by atoms with Gasteiger partial charge >= 0.3 is 0 Å². The van der Waals surface area contributed by atoms with Crippen molar-refractivity contribution >= 4 is 17.2 Å². The lowest BCUT2D eigenvalue weighted by Crippen LogP contribution is -2.50. The summed E-state index contributed by atoms with van der Waals surface area (Å²) in [5.74, 6) is 0.322. The molecule has 0 bridgehead atoms. The molecule has 0 unspecified atom stereocenters.